The van der Waals surface area contributed by atoms with E-state index >= 15 is 0 Å². The van der Waals surface area contributed by atoms with E-state index in [2.05, 4.69) is 15.7 Å². The smallest absolute Gasteiger partial charge is 0.319 e. The zero-order chi connectivity index (χ0) is 20.0. The summed E-state index contributed by atoms with van der Waals surface area (Å²) in [6.07, 6.45) is 5.61. The molecule has 1 atom stereocenters. The summed E-state index contributed by atoms with van der Waals surface area (Å²) in [4.78, 5) is 24.3. The van der Waals surface area contributed by atoms with Gasteiger partial charge in [-0.1, -0.05) is 18.2 Å². The normalized spacial score (nSPS) is 19.1. The Morgan fingerprint density at radius 1 is 1.21 bits per heavy atom. The molecule has 7 heteroatoms. The van der Waals surface area contributed by atoms with Crippen LogP contribution >= 0.6 is 0 Å². The van der Waals surface area contributed by atoms with E-state index in [1.807, 2.05) is 30.3 Å². The minimum atomic E-state index is -0.264. The summed E-state index contributed by atoms with van der Waals surface area (Å²) in [6, 6.07) is 12.9. The Labute approximate surface area is 168 Å². The number of benzene rings is 2. The maximum absolute atomic E-state index is 12.7. The van der Waals surface area contributed by atoms with Crippen LogP contribution in [0.25, 0.3) is 10.9 Å². The molecule has 1 unspecified atom stereocenters. The number of nitrogens with one attached hydrogen (secondary N) is 2. The van der Waals surface area contributed by atoms with Crippen molar-refractivity contribution in [3.8, 4) is 5.75 Å². The van der Waals surface area contributed by atoms with Crippen molar-refractivity contribution in [2.24, 2.45) is 0 Å². The number of fused-ring (bicyclic) bond motifs is 2. The van der Waals surface area contributed by atoms with Crippen LogP contribution in [-0.2, 0) is 0 Å². The highest BCUT2D eigenvalue weighted by Crippen LogP contribution is 2.48. The molecule has 2 amide bonds. The van der Waals surface area contributed by atoms with Gasteiger partial charge in [-0.3, -0.25) is 4.79 Å². The van der Waals surface area contributed by atoms with Crippen LogP contribution in [0.15, 0.2) is 48.7 Å². The van der Waals surface area contributed by atoms with Crippen molar-refractivity contribution >= 4 is 28.5 Å². The predicted molar refractivity (Wildman–Crippen MR) is 109 cm³/mol. The zero-order valence-electron chi connectivity index (χ0n) is 16.1. The van der Waals surface area contributed by atoms with Gasteiger partial charge in [0.1, 0.15) is 11.4 Å². The molecule has 29 heavy (non-hydrogen) atoms. The number of anilines is 1. The van der Waals surface area contributed by atoms with E-state index in [-0.39, 0.29) is 23.6 Å². The van der Waals surface area contributed by atoms with Crippen LogP contribution in [0.1, 0.15) is 49.0 Å². The molecule has 0 saturated heterocycles. The first-order valence-corrected chi connectivity index (χ1v) is 9.87. The highest BCUT2D eigenvalue weighted by Gasteiger charge is 2.45. The SMILES string of the molecule is CC(=O)n1ncc2cc(NC(=O)NC3CC4(CCC4)Oc4ccccc43)ccc21. The average molecular weight is 390 g/mol. The predicted octanol–water partition coefficient (Wildman–Crippen LogP) is 4.26. The van der Waals surface area contributed by atoms with Crippen molar-refractivity contribution in [2.45, 2.75) is 44.2 Å². The van der Waals surface area contributed by atoms with Crippen LogP contribution in [0.5, 0.6) is 5.75 Å². The van der Waals surface area contributed by atoms with Gasteiger partial charge in [-0.25, -0.2) is 9.48 Å². The first kappa shape index (κ1) is 17.7. The van der Waals surface area contributed by atoms with E-state index < -0.39 is 0 Å². The van der Waals surface area contributed by atoms with E-state index in [9.17, 15) is 9.59 Å². The van der Waals surface area contributed by atoms with Gasteiger partial charge in [0, 0.05) is 30.0 Å². The minimum Gasteiger partial charge on any atom is -0.487 e. The van der Waals surface area contributed by atoms with Crippen LogP contribution in [0.2, 0.25) is 0 Å². The molecule has 2 heterocycles. The number of para-hydroxylation sites is 1. The minimum absolute atomic E-state index is 0.0931. The molecular weight excluding hydrogens is 368 g/mol. The third kappa shape index (κ3) is 3.12. The second-order valence-corrected chi connectivity index (χ2v) is 7.88. The summed E-state index contributed by atoms with van der Waals surface area (Å²) in [5, 5.41) is 10.9. The first-order chi connectivity index (χ1) is 14.0. The van der Waals surface area contributed by atoms with Crippen molar-refractivity contribution in [3.63, 3.8) is 0 Å². The summed E-state index contributed by atoms with van der Waals surface area (Å²) in [6.45, 7) is 1.46. The molecule has 0 radical (unpaired) electrons. The monoisotopic (exact) mass is 390 g/mol. The number of amides is 2. The third-order valence-electron chi connectivity index (χ3n) is 5.89. The molecule has 5 rings (SSSR count). The van der Waals surface area contributed by atoms with Crippen LogP contribution < -0.4 is 15.4 Å². The second-order valence-electron chi connectivity index (χ2n) is 7.88. The Morgan fingerprint density at radius 2 is 2.03 bits per heavy atom. The van der Waals surface area contributed by atoms with Crippen molar-refractivity contribution < 1.29 is 14.3 Å². The van der Waals surface area contributed by atoms with Crippen LogP contribution in [0.4, 0.5) is 10.5 Å². The molecule has 148 valence electrons. The Hall–Kier alpha value is -3.35. The zero-order valence-corrected chi connectivity index (χ0v) is 16.1. The Morgan fingerprint density at radius 3 is 2.79 bits per heavy atom. The maximum atomic E-state index is 12.7. The van der Waals surface area contributed by atoms with Crippen molar-refractivity contribution in [2.75, 3.05) is 5.32 Å². The molecular formula is C22H22N4O3. The lowest BCUT2D eigenvalue weighted by molar-refractivity contribution is -0.0354. The van der Waals surface area contributed by atoms with Crippen LogP contribution in [0, 0.1) is 0 Å². The van der Waals surface area contributed by atoms with E-state index in [1.165, 1.54) is 11.6 Å². The fraction of sp³-hybridized carbons (Fsp3) is 0.318. The first-order valence-electron chi connectivity index (χ1n) is 9.87. The third-order valence-corrected chi connectivity index (χ3v) is 5.89. The lowest BCUT2D eigenvalue weighted by Crippen LogP contribution is -2.50. The molecule has 2 N–H and O–H groups in total. The number of hydrogen-bond acceptors (Lipinski definition) is 4. The van der Waals surface area contributed by atoms with Crippen molar-refractivity contribution in [1.29, 1.82) is 0 Å². The van der Waals surface area contributed by atoms with Gasteiger partial charge in [0.05, 0.1) is 17.8 Å². The number of nitrogens with zero attached hydrogens (tertiary/aromatic N) is 2. The molecule has 3 aromatic rings. The Balaban J connectivity index is 1.34. The van der Waals surface area contributed by atoms with Gasteiger partial charge in [0.2, 0.25) is 5.91 Å². The van der Waals surface area contributed by atoms with Crippen LogP contribution in [-0.4, -0.2) is 27.3 Å². The van der Waals surface area contributed by atoms with E-state index in [0.717, 1.165) is 42.4 Å². The molecule has 1 saturated carbocycles. The van der Waals surface area contributed by atoms with Gasteiger partial charge in [-0.2, -0.15) is 5.10 Å². The van der Waals surface area contributed by atoms with Crippen molar-refractivity contribution in [1.82, 2.24) is 15.1 Å². The lowest BCUT2D eigenvalue weighted by Gasteiger charge is -2.47. The maximum Gasteiger partial charge on any atom is 0.319 e. The quantitative estimate of drug-likeness (QED) is 0.684. The van der Waals surface area contributed by atoms with E-state index in [4.69, 9.17) is 4.74 Å². The fourth-order valence-corrected chi connectivity index (χ4v) is 4.31. The molecule has 1 aliphatic carbocycles. The average Bonchev–Trinajstić information content (AvgIpc) is 3.10. The summed E-state index contributed by atoms with van der Waals surface area (Å²) < 4.78 is 7.59. The number of carbonyl (C=O) groups is 2. The molecule has 2 aromatic carbocycles. The topological polar surface area (TPSA) is 85.2 Å². The Bertz CT molecular complexity index is 1120. The summed E-state index contributed by atoms with van der Waals surface area (Å²) in [5.41, 5.74) is 2.23. The highest BCUT2D eigenvalue weighted by molar-refractivity contribution is 5.95. The summed E-state index contributed by atoms with van der Waals surface area (Å²) in [5.74, 6) is 0.711. The van der Waals surface area contributed by atoms with E-state index in [1.54, 1.807) is 18.3 Å². The van der Waals surface area contributed by atoms with Gasteiger partial charge in [0.25, 0.3) is 0 Å². The van der Waals surface area contributed by atoms with Gasteiger partial charge in [-0.15, -0.1) is 0 Å². The number of hydrogen-bond donors (Lipinski definition) is 2. The molecule has 1 aliphatic heterocycles. The molecule has 0 bridgehead atoms. The van der Waals surface area contributed by atoms with Gasteiger partial charge in [0.15, 0.2) is 0 Å². The molecule has 1 spiro atoms. The molecule has 7 nitrogen and oxygen atoms in total. The van der Waals surface area contributed by atoms with Gasteiger partial charge >= 0.3 is 6.03 Å². The Kier molecular flexibility index (Phi) is 4.04. The second kappa shape index (κ2) is 6.62. The fourth-order valence-electron chi connectivity index (χ4n) is 4.31. The number of urea groups is 1. The summed E-state index contributed by atoms with van der Waals surface area (Å²) >= 11 is 0. The number of rotatable bonds is 2. The largest absolute Gasteiger partial charge is 0.487 e. The molecule has 2 aliphatic rings. The van der Waals surface area contributed by atoms with Crippen LogP contribution in [0.3, 0.4) is 0 Å². The van der Waals surface area contributed by atoms with E-state index in [0.29, 0.717) is 11.2 Å². The number of carbonyl (C=O) groups excluding carboxylic acids is 2. The number of ether oxygens (including phenoxy) is 1. The van der Waals surface area contributed by atoms with Gasteiger partial charge in [-0.05, 0) is 43.5 Å². The van der Waals surface area contributed by atoms with Gasteiger partial charge < -0.3 is 15.4 Å². The highest BCUT2D eigenvalue weighted by atomic mass is 16.5. The lowest BCUT2D eigenvalue weighted by atomic mass is 9.73. The summed E-state index contributed by atoms with van der Waals surface area (Å²) in [7, 11) is 0. The standard InChI is InChI=1S/C22H22N4O3/c1-14(27)26-19-8-7-16(11-15(19)13-23-26)24-21(28)25-18-12-22(9-4-10-22)29-20-6-3-2-5-17(18)20/h2-3,5-8,11,13,18H,4,9-10,12H2,1H3,(H2,24,25,28). The molecule has 1 aromatic heterocycles. The molecule has 1 fully saturated rings. The number of aromatic nitrogens is 2. The van der Waals surface area contributed by atoms with Crippen molar-refractivity contribution in [3.05, 3.63) is 54.2 Å².